The van der Waals surface area contributed by atoms with Crippen molar-refractivity contribution < 1.29 is 9.53 Å². The standard InChI is InChI=1S/C16H20N2O2/c1-3-15-17-9-10-18(15)11-13(2)16(19)20-12-14-7-5-4-6-8-14/h4-10,13H,3,11-12H2,1-2H3. The second-order valence-electron chi connectivity index (χ2n) is 4.84. The van der Waals surface area contributed by atoms with Gasteiger partial charge in [-0.25, -0.2) is 4.98 Å². The van der Waals surface area contributed by atoms with Gasteiger partial charge in [-0.15, -0.1) is 0 Å². The normalized spacial score (nSPS) is 12.1. The number of aromatic nitrogens is 2. The van der Waals surface area contributed by atoms with Crippen LogP contribution >= 0.6 is 0 Å². The third-order valence-corrected chi connectivity index (χ3v) is 3.21. The smallest absolute Gasteiger partial charge is 0.310 e. The molecular weight excluding hydrogens is 252 g/mol. The highest BCUT2D eigenvalue weighted by Gasteiger charge is 2.16. The first kappa shape index (κ1) is 14.3. The summed E-state index contributed by atoms with van der Waals surface area (Å²) in [5.41, 5.74) is 1.00. The third kappa shape index (κ3) is 3.70. The van der Waals surface area contributed by atoms with Gasteiger partial charge in [0.05, 0.1) is 5.92 Å². The monoisotopic (exact) mass is 272 g/mol. The number of hydrogen-bond donors (Lipinski definition) is 0. The summed E-state index contributed by atoms with van der Waals surface area (Å²) >= 11 is 0. The molecule has 0 aliphatic rings. The second-order valence-corrected chi connectivity index (χ2v) is 4.84. The molecule has 1 heterocycles. The van der Waals surface area contributed by atoms with Gasteiger partial charge in [-0.2, -0.15) is 0 Å². The van der Waals surface area contributed by atoms with E-state index in [0.717, 1.165) is 17.8 Å². The lowest BCUT2D eigenvalue weighted by Crippen LogP contribution is -2.20. The van der Waals surface area contributed by atoms with E-state index < -0.39 is 0 Å². The molecule has 0 saturated carbocycles. The summed E-state index contributed by atoms with van der Waals surface area (Å²) in [6.07, 6.45) is 4.53. The van der Waals surface area contributed by atoms with Gasteiger partial charge in [0.1, 0.15) is 12.4 Å². The summed E-state index contributed by atoms with van der Waals surface area (Å²) in [4.78, 5) is 16.2. The van der Waals surface area contributed by atoms with Crippen LogP contribution < -0.4 is 0 Å². The number of carbonyl (C=O) groups excluding carboxylic acids is 1. The van der Waals surface area contributed by atoms with E-state index in [-0.39, 0.29) is 11.9 Å². The molecule has 1 aromatic heterocycles. The van der Waals surface area contributed by atoms with Crippen LogP contribution in [0.1, 0.15) is 25.2 Å². The molecule has 0 aliphatic heterocycles. The summed E-state index contributed by atoms with van der Waals surface area (Å²) in [5, 5.41) is 0. The van der Waals surface area contributed by atoms with Gasteiger partial charge in [-0.05, 0) is 5.56 Å². The quantitative estimate of drug-likeness (QED) is 0.759. The minimum Gasteiger partial charge on any atom is -0.461 e. The first-order valence-corrected chi connectivity index (χ1v) is 6.91. The summed E-state index contributed by atoms with van der Waals surface area (Å²) in [7, 11) is 0. The van der Waals surface area contributed by atoms with Crippen LogP contribution in [0.3, 0.4) is 0 Å². The van der Waals surface area contributed by atoms with E-state index in [9.17, 15) is 4.79 Å². The minimum atomic E-state index is -0.182. The van der Waals surface area contributed by atoms with Crippen molar-refractivity contribution in [2.45, 2.75) is 33.4 Å². The molecule has 0 bridgehead atoms. The zero-order valence-corrected chi connectivity index (χ0v) is 12.0. The molecule has 4 nitrogen and oxygen atoms in total. The molecule has 0 amide bonds. The average Bonchev–Trinajstić information content (AvgIpc) is 2.93. The average molecular weight is 272 g/mol. The molecule has 1 atom stereocenters. The van der Waals surface area contributed by atoms with Crippen LogP contribution in [-0.4, -0.2) is 15.5 Å². The topological polar surface area (TPSA) is 44.1 Å². The predicted octanol–water partition coefficient (Wildman–Crippen LogP) is 2.83. The molecule has 0 saturated heterocycles. The maximum Gasteiger partial charge on any atom is 0.310 e. The number of imidazole rings is 1. The number of hydrogen-bond acceptors (Lipinski definition) is 3. The number of aryl methyl sites for hydroxylation is 1. The van der Waals surface area contributed by atoms with Crippen LogP contribution in [-0.2, 0) is 29.1 Å². The lowest BCUT2D eigenvalue weighted by atomic mass is 10.2. The van der Waals surface area contributed by atoms with Crippen LogP contribution in [0.2, 0.25) is 0 Å². The lowest BCUT2D eigenvalue weighted by molar-refractivity contribution is -0.149. The first-order chi connectivity index (χ1) is 9.70. The van der Waals surface area contributed by atoms with Crippen LogP contribution in [0.5, 0.6) is 0 Å². The van der Waals surface area contributed by atoms with Crippen LogP contribution in [0.25, 0.3) is 0 Å². The van der Waals surface area contributed by atoms with Gasteiger partial charge in [0.15, 0.2) is 0 Å². The Balaban J connectivity index is 1.86. The number of esters is 1. The number of nitrogens with zero attached hydrogens (tertiary/aromatic N) is 2. The van der Waals surface area contributed by atoms with E-state index >= 15 is 0 Å². The summed E-state index contributed by atoms with van der Waals surface area (Å²) in [6, 6.07) is 9.71. The molecule has 2 aromatic rings. The summed E-state index contributed by atoms with van der Waals surface area (Å²) in [5.74, 6) is 0.635. The maximum atomic E-state index is 12.0. The van der Waals surface area contributed by atoms with E-state index in [0.29, 0.717) is 13.2 Å². The van der Waals surface area contributed by atoms with E-state index in [1.807, 2.05) is 48.0 Å². The van der Waals surface area contributed by atoms with Gasteiger partial charge in [-0.1, -0.05) is 44.2 Å². The molecule has 0 N–H and O–H groups in total. The fraction of sp³-hybridized carbons (Fsp3) is 0.375. The van der Waals surface area contributed by atoms with Crippen molar-refractivity contribution in [1.82, 2.24) is 9.55 Å². The Kier molecular flexibility index (Phi) is 4.93. The fourth-order valence-corrected chi connectivity index (χ4v) is 2.06. The van der Waals surface area contributed by atoms with Crippen molar-refractivity contribution in [3.8, 4) is 0 Å². The zero-order chi connectivity index (χ0) is 14.4. The molecular formula is C16H20N2O2. The molecule has 106 valence electrons. The molecule has 20 heavy (non-hydrogen) atoms. The second kappa shape index (κ2) is 6.89. The van der Waals surface area contributed by atoms with Crippen molar-refractivity contribution in [3.05, 3.63) is 54.1 Å². The van der Waals surface area contributed by atoms with E-state index in [1.165, 1.54) is 0 Å². The molecule has 0 spiro atoms. The Morgan fingerprint density at radius 1 is 1.35 bits per heavy atom. The minimum absolute atomic E-state index is 0.176. The van der Waals surface area contributed by atoms with Gasteiger partial charge < -0.3 is 9.30 Å². The largest absolute Gasteiger partial charge is 0.461 e. The van der Waals surface area contributed by atoms with Gasteiger partial charge in [0, 0.05) is 25.4 Å². The van der Waals surface area contributed by atoms with Crippen LogP contribution in [0, 0.1) is 5.92 Å². The van der Waals surface area contributed by atoms with Gasteiger partial charge in [0.25, 0.3) is 0 Å². The summed E-state index contributed by atoms with van der Waals surface area (Å²) < 4.78 is 7.35. The molecule has 2 rings (SSSR count). The molecule has 1 unspecified atom stereocenters. The van der Waals surface area contributed by atoms with Crippen molar-refractivity contribution in [3.63, 3.8) is 0 Å². The van der Waals surface area contributed by atoms with E-state index in [4.69, 9.17) is 4.74 Å². The van der Waals surface area contributed by atoms with E-state index in [2.05, 4.69) is 11.9 Å². The highest BCUT2D eigenvalue weighted by Crippen LogP contribution is 2.09. The highest BCUT2D eigenvalue weighted by atomic mass is 16.5. The van der Waals surface area contributed by atoms with Gasteiger partial charge in [0.2, 0.25) is 0 Å². The highest BCUT2D eigenvalue weighted by molar-refractivity contribution is 5.71. The Morgan fingerprint density at radius 2 is 2.10 bits per heavy atom. The van der Waals surface area contributed by atoms with Crippen LogP contribution in [0.4, 0.5) is 0 Å². The van der Waals surface area contributed by atoms with Crippen molar-refractivity contribution >= 4 is 5.97 Å². The Hall–Kier alpha value is -2.10. The lowest BCUT2D eigenvalue weighted by Gasteiger charge is -2.13. The predicted molar refractivity (Wildman–Crippen MR) is 77.0 cm³/mol. The Bertz CT molecular complexity index is 549. The molecule has 0 radical (unpaired) electrons. The van der Waals surface area contributed by atoms with Gasteiger partial charge in [-0.3, -0.25) is 4.79 Å². The number of benzene rings is 1. The maximum absolute atomic E-state index is 12.0. The number of ether oxygens (including phenoxy) is 1. The molecule has 0 aliphatic carbocycles. The number of rotatable bonds is 6. The Morgan fingerprint density at radius 3 is 2.80 bits per heavy atom. The molecule has 0 fully saturated rings. The van der Waals surface area contributed by atoms with Crippen molar-refractivity contribution in [2.75, 3.05) is 0 Å². The first-order valence-electron chi connectivity index (χ1n) is 6.91. The zero-order valence-electron chi connectivity index (χ0n) is 12.0. The Labute approximate surface area is 119 Å². The summed E-state index contributed by atoms with van der Waals surface area (Å²) in [6.45, 7) is 4.87. The van der Waals surface area contributed by atoms with Gasteiger partial charge >= 0.3 is 5.97 Å². The van der Waals surface area contributed by atoms with E-state index in [1.54, 1.807) is 6.20 Å². The fourth-order valence-electron chi connectivity index (χ4n) is 2.06. The molecule has 1 aromatic carbocycles. The molecule has 4 heteroatoms. The third-order valence-electron chi connectivity index (χ3n) is 3.21. The van der Waals surface area contributed by atoms with Crippen molar-refractivity contribution in [1.29, 1.82) is 0 Å². The van der Waals surface area contributed by atoms with Crippen LogP contribution in [0.15, 0.2) is 42.7 Å². The van der Waals surface area contributed by atoms with Crippen molar-refractivity contribution in [2.24, 2.45) is 5.92 Å². The number of carbonyl (C=O) groups is 1. The SMILES string of the molecule is CCc1nccn1CC(C)C(=O)OCc1ccccc1.